The van der Waals surface area contributed by atoms with Crippen molar-refractivity contribution in [3.8, 4) is 0 Å². The van der Waals surface area contributed by atoms with E-state index >= 15 is 0 Å². The number of hydrogen-bond donors (Lipinski definition) is 2. The van der Waals surface area contributed by atoms with Gasteiger partial charge >= 0.3 is 0 Å². The molecule has 2 N–H and O–H groups in total. The molecule has 2 aromatic rings. The van der Waals surface area contributed by atoms with Gasteiger partial charge in [0.25, 0.3) is 0 Å². The van der Waals surface area contributed by atoms with Crippen LogP contribution in [0.25, 0.3) is 10.9 Å². The molecule has 0 aliphatic heterocycles. The Morgan fingerprint density at radius 2 is 2.32 bits per heavy atom. The van der Waals surface area contributed by atoms with Crippen molar-refractivity contribution in [3.63, 3.8) is 0 Å². The van der Waals surface area contributed by atoms with Crippen molar-refractivity contribution in [2.75, 3.05) is 13.7 Å². The fourth-order valence-corrected chi connectivity index (χ4v) is 2.91. The van der Waals surface area contributed by atoms with Crippen LogP contribution in [0.5, 0.6) is 0 Å². The van der Waals surface area contributed by atoms with Gasteiger partial charge in [-0.25, -0.2) is 0 Å². The maximum absolute atomic E-state index is 11.5. The minimum atomic E-state index is -0.0351. The fourth-order valence-electron chi connectivity index (χ4n) is 2.91. The maximum atomic E-state index is 11.5. The highest BCUT2D eigenvalue weighted by Crippen LogP contribution is 2.28. The number of hydrogen-bond acceptors (Lipinski definition) is 2. The van der Waals surface area contributed by atoms with E-state index in [9.17, 15) is 4.79 Å². The third kappa shape index (κ3) is 2.36. The highest BCUT2D eigenvalue weighted by Gasteiger charge is 2.23. The number of benzene rings is 1. The molecule has 0 spiro atoms. The Bertz CT molecular complexity index is 603. The molecule has 1 aromatic heterocycles. The van der Waals surface area contributed by atoms with Crippen LogP contribution in [0.15, 0.2) is 24.3 Å². The molecule has 0 bridgehead atoms. The Hall–Kier alpha value is -1.81. The van der Waals surface area contributed by atoms with Gasteiger partial charge in [0.2, 0.25) is 5.91 Å². The first-order valence-corrected chi connectivity index (χ1v) is 6.64. The Morgan fingerprint density at radius 3 is 3.16 bits per heavy atom. The van der Waals surface area contributed by atoms with Crippen molar-refractivity contribution in [2.24, 2.45) is 0 Å². The number of methoxy groups -OCH3 is 1. The van der Waals surface area contributed by atoms with Crippen molar-refractivity contribution in [1.29, 1.82) is 0 Å². The van der Waals surface area contributed by atoms with Crippen LogP contribution in [0.3, 0.4) is 0 Å². The summed E-state index contributed by atoms with van der Waals surface area (Å²) in [6.45, 7) is 0.135. The van der Waals surface area contributed by atoms with Crippen LogP contribution in [0.2, 0.25) is 0 Å². The maximum Gasteiger partial charge on any atom is 0.246 e. The summed E-state index contributed by atoms with van der Waals surface area (Å²) in [6.07, 6.45) is 2.88. The second-order valence-corrected chi connectivity index (χ2v) is 5.07. The van der Waals surface area contributed by atoms with E-state index < -0.39 is 0 Å². The SMILES string of the molecule is COCC(=O)NC1CCc2c([nH]c3ccccc23)C1. The number of fused-ring (bicyclic) bond motifs is 3. The lowest BCUT2D eigenvalue weighted by molar-refractivity contribution is -0.125. The van der Waals surface area contributed by atoms with Crippen LogP contribution >= 0.6 is 0 Å². The van der Waals surface area contributed by atoms with Crippen LogP contribution in [0.1, 0.15) is 17.7 Å². The van der Waals surface area contributed by atoms with E-state index in [2.05, 4.69) is 28.5 Å². The Balaban J connectivity index is 1.78. The van der Waals surface area contributed by atoms with Gasteiger partial charge < -0.3 is 15.0 Å². The van der Waals surface area contributed by atoms with Crippen molar-refractivity contribution in [2.45, 2.75) is 25.3 Å². The van der Waals surface area contributed by atoms with Gasteiger partial charge in [0.15, 0.2) is 0 Å². The number of aryl methyl sites for hydroxylation is 1. The van der Waals surface area contributed by atoms with Gasteiger partial charge in [-0.15, -0.1) is 0 Å². The summed E-state index contributed by atoms with van der Waals surface area (Å²) in [5.74, 6) is -0.0351. The first kappa shape index (κ1) is 12.2. The second kappa shape index (κ2) is 5.05. The predicted molar refractivity (Wildman–Crippen MR) is 74.1 cm³/mol. The number of nitrogens with one attached hydrogen (secondary N) is 2. The monoisotopic (exact) mass is 258 g/mol. The minimum absolute atomic E-state index is 0.0351. The van der Waals surface area contributed by atoms with Crippen molar-refractivity contribution >= 4 is 16.8 Å². The Kier molecular flexibility index (Phi) is 3.25. The first-order chi connectivity index (χ1) is 9.28. The van der Waals surface area contributed by atoms with Crippen molar-refractivity contribution < 1.29 is 9.53 Å². The normalized spacial score (nSPS) is 18.3. The molecule has 1 amide bonds. The number of para-hydroxylation sites is 1. The zero-order valence-corrected chi connectivity index (χ0v) is 11.0. The van der Waals surface area contributed by atoms with E-state index in [1.807, 2.05) is 6.07 Å². The van der Waals surface area contributed by atoms with E-state index in [-0.39, 0.29) is 18.6 Å². The third-order valence-electron chi connectivity index (χ3n) is 3.74. The molecule has 3 rings (SSSR count). The molecular formula is C15H18N2O2. The molecular weight excluding hydrogens is 240 g/mol. The summed E-state index contributed by atoms with van der Waals surface area (Å²) in [4.78, 5) is 15.0. The van der Waals surface area contributed by atoms with Gasteiger partial charge in [-0.05, 0) is 24.5 Å². The smallest absolute Gasteiger partial charge is 0.246 e. The number of H-pyrrole nitrogens is 1. The van der Waals surface area contributed by atoms with E-state index in [1.54, 1.807) is 0 Å². The van der Waals surface area contributed by atoms with Gasteiger partial charge in [-0.1, -0.05) is 18.2 Å². The summed E-state index contributed by atoms with van der Waals surface area (Å²) in [6, 6.07) is 8.59. The molecule has 1 aliphatic carbocycles. The molecule has 0 fully saturated rings. The lowest BCUT2D eigenvalue weighted by Gasteiger charge is -2.23. The Morgan fingerprint density at radius 1 is 1.47 bits per heavy atom. The molecule has 0 saturated heterocycles. The van der Waals surface area contributed by atoms with Crippen LogP contribution in [-0.2, 0) is 22.4 Å². The van der Waals surface area contributed by atoms with Gasteiger partial charge in [-0.2, -0.15) is 0 Å². The van der Waals surface area contributed by atoms with Crippen LogP contribution < -0.4 is 5.32 Å². The summed E-state index contributed by atoms with van der Waals surface area (Å²) >= 11 is 0. The Labute approximate surface area is 112 Å². The number of ether oxygens (including phenoxy) is 1. The molecule has 1 aromatic carbocycles. The van der Waals surface area contributed by atoms with Gasteiger partial charge in [0.1, 0.15) is 6.61 Å². The summed E-state index contributed by atoms with van der Waals surface area (Å²) in [7, 11) is 1.54. The summed E-state index contributed by atoms with van der Waals surface area (Å²) in [5.41, 5.74) is 3.86. The number of aromatic nitrogens is 1. The molecule has 0 saturated carbocycles. The van der Waals surface area contributed by atoms with Crippen LogP contribution in [0.4, 0.5) is 0 Å². The molecule has 1 unspecified atom stereocenters. The van der Waals surface area contributed by atoms with Crippen LogP contribution in [-0.4, -0.2) is 30.6 Å². The molecule has 0 radical (unpaired) electrons. The number of amides is 1. The third-order valence-corrected chi connectivity index (χ3v) is 3.74. The lowest BCUT2D eigenvalue weighted by Crippen LogP contribution is -2.40. The number of carbonyl (C=O) groups is 1. The average molecular weight is 258 g/mol. The largest absolute Gasteiger partial charge is 0.375 e. The lowest BCUT2D eigenvalue weighted by atomic mass is 9.92. The molecule has 4 heteroatoms. The standard InChI is InChI=1S/C15H18N2O2/c1-19-9-15(18)16-10-6-7-12-11-4-2-3-5-13(11)17-14(12)8-10/h2-5,10,17H,6-9H2,1H3,(H,16,18). The van der Waals surface area contributed by atoms with Crippen molar-refractivity contribution in [1.82, 2.24) is 10.3 Å². The minimum Gasteiger partial charge on any atom is -0.375 e. The molecule has 1 heterocycles. The quantitative estimate of drug-likeness (QED) is 0.882. The van der Waals surface area contributed by atoms with Gasteiger partial charge in [0, 0.05) is 36.2 Å². The zero-order chi connectivity index (χ0) is 13.2. The van der Waals surface area contributed by atoms with E-state index in [0.717, 1.165) is 19.3 Å². The fraction of sp³-hybridized carbons (Fsp3) is 0.400. The topological polar surface area (TPSA) is 54.1 Å². The highest BCUT2D eigenvalue weighted by molar-refractivity contribution is 5.85. The van der Waals surface area contributed by atoms with Crippen LogP contribution in [0, 0.1) is 0 Å². The van der Waals surface area contributed by atoms with Gasteiger partial charge in [0.05, 0.1) is 0 Å². The average Bonchev–Trinajstić information content (AvgIpc) is 2.76. The van der Waals surface area contributed by atoms with Gasteiger partial charge in [-0.3, -0.25) is 4.79 Å². The number of aromatic amines is 1. The summed E-state index contributed by atoms with van der Waals surface area (Å²) in [5, 5.41) is 4.34. The second-order valence-electron chi connectivity index (χ2n) is 5.07. The number of rotatable bonds is 3. The zero-order valence-electron chi connectivity index (χ0n) is 11.0. The molecule has 100 valence electrons. The highest BCUT2D eigenvalue weighted by atomic mass is 16.5. The molecule has 1 atom stereocenters. The van der Waals surface area contributed by atoms with Crippen molar-refractivity contribution in [3.05, 3.63) is 35.5 Å². The summed E-state index contributed by atoms with van der Waals surface area (Å²) < 4.78 is 4.84. The molecule has 4 nitrogen and oxygen atoms in total. The van der Waals surface area contributed by atoms with E-state index in [0.29, 0.717) is 0 Å². The molecule has 19 heavy (non-hydrogen) atoms. The van der Waals surface area contributed by atoms with E-state index in [1.165, 1.54) is 29.3 Å². The van der Waals surface area contributed by atoms with E-state index in [4.69, 9.17) is 4.74 Å². The number of carbonyl (C=O) groups excluding carboxylic acids is 1. The predicted octanol–water partition coefficient (Wildman–Crippen LogP) is 1.79. The first-order valence-electron chi connectivity index (χ1n) is 6.64. The molecule has 1 aliphatic rings.